The van der Waals surface area contributed by atoms with Crippen LogP contribution in [0.2, 0.25) is 5.02 Å². The molecule has 0 aliphatic rings. The van der Waals surface area contributed by atoms with Crippen molar-refractivity contribution < 1.29 is 19.0 Å². The van der Waals surface area contributed by atoms with Gasteiger partial charge in [-0.15, -0.1) is 0 Å². The summed E-state index contributed by atoms with van der Waals surface area (Å²) in [5, 5.41) is 8.69. The number of ether oxygens (including phenoxy) is 1. The fraction of sp³-hybridized carbons (Fsp3) is 0. The third kappa shape index (κ3) is 3.21. The van der Waals surface area contributed by atoms with Crippen LogP contribution in [0.4, 0.5) is 4.39 Å². The Labute approximate surface area is 120 Å². The lowest BCUT2D eigenvalue weighted by molar-refractivity contribution is 0.0696. The van der Waals surface area contributed by atoms with E-state index in [1.807, 2.05) is 0 Å². The minimum absolute atomic E-state index is 0.0339. The molecule has 98 valence electrons. The molecule has 19 heavy (non-hydrogen) atoms. The zero-order valence-electron chi connectivity index (χ0n) is 9.23. The Bertz CT molecular complexity index is 634. The molecule has 2 rings (SSSR count). The summed E-state index contributed by atoms with van der Waals surface area (Å²) >= 11 is 8.78. The summed E-state index contributed by atoms with van der Waals surface area (Å²) in [6.45, 7) is 0. The second-order valence-electron chi connectivity index (χ2n) is 3.49. The Balaban J connectivity index is 2.26. The molecule has 1 aromatic heterocycles. The summed E-state index contributed by atoms with van der Waals surface area (Å²) in [4.78, 5) is 14.5. The third-order valence-electron chi connectivity index (χ3n) is 2.17. The lowest BCUT2D eigenvalue weighted by Gasteiger charge is -2.07. The van der Waals surface area contributed by atoms with Crippen LogP contribution in [-0.4, -0.2) is 16.1 Å². The monoisotopic (exact) mass is 345 g/mol. The molecule has 0 atom stereocenters. The van der Waals surface area contributed by atoms with Crippen molar-refractivity contribution >= 4 is 33.5 Å². The molecule has 0 saturated carbocycles. The predicted molar refractivity (Wildman–Crippen MR) is 70.4 cm³/mol. The smallest absolute Gasteiger partial charge is 0.337 e. The van der Waals surface area contributed by atoms with Gasteiger partial charge in [-0.25, -0.2) is 14.2 Å². The molecular weight excluding hydrogens is 340 g/mol. The van der Waals surface area contributed by atoms with Gasteiger partial charge in [0.2, 0.25) is 5.88 Å². The first kappa shape index (κ1) is 13.8. The van der Waals surface area contributed by atoms with Gasteiger partial charge in [0.05, 0.1) is 15.1 Å². The molecule has 0 amide bonds. The van der Waals surface area contributed by atoms with Crippen molar-refractivity contribution in [2.45, 2.75) is 0 Å². The van der Waals surface area contributed by atoms with Gasteiger partial charge in [0.1, 0.15) is 11.6 Å². The first-order valence-corrected chi connectivity index (χ1v) is 6.16. The summed E-state index contributed by atoms with van der Waals surface area (Å²) in [7, 11) is 0. The maximum Gasteiger partial charge on any atom is 0.337 e. The van der Waals surface area contributed by atoms with E-state index >= 15 is 0 Å². The number of carboxylic acids is 1. The lowest BCUT2D eigenvalue weighted by atomic mass is 10.3. The minimum Gasteiger partial charge on any atom is -0.478 e. The van der Waals surface area contributed by atoms with E-state index in [2.05, 4.69) is 20.9 Å². The minimum atomic E-state index is -1.09. The normalized spacial score (nSPS) is 10.3. The Morgan fingerprint density at radius 3 is 2.74 bits per heavy atom. The van der Waals surface area contributed by atoms with E-state index in [9.17, 15) is 9.18 Å². The van der Waals surface area contributed by atoms with Gasteiger partial charge in [0.25, 0.3) is 0 Å². The molecule has 7 heteroatoms. The summed E-state index contributed by atoms with van der Waals surface area (Å²) in [6, 6.07) is 5.18. The SMILES string of the molecule is O=C(O)c1ccc(Oc2cc(F)c(Cl)cc2Br)nc1. The van der Waals surface area contributed by atoms with Crippen LogP contribution >= 0.6 is 27.5 Å². The van der Waals surface area contributed by atoms with E-state index in [1.165, 1.54) is 18.2 Å². The van der Waals surface area contributed by atoms with Gasteiger partial charge in [-0.2, -0.15) is 0 Å². The number of carbonyl (C=O) groups is 1. The number of aromatic carboxylic acids is 1. The van der Waals surface area contributed by atoms with Gasteiger partial charge < -0.3 is 9.84 Å². The molecule has 0 fully saturated rings. The van der Waals surface area contributed by atoms with E-state index in [-0.39, 0.29) is 22.2 Å². The Hall–Kier alpha value is -1.66. The number of hydrogen-bond acceptors (Lipinski definition) is 3. The lowest BCUT2D eigenvalue weighted by Crippen LogP contribution is -1.97. The maximum absolute atomic E-state index is 13.3. The van der Waals surface area contributed by atoms with Gasteiger partial charge in [0.15, 0.2) is 0 Å². The topological polar surface area (TPSA) is 59.4 Å². The maximum atomic E-state index is 13.3. The zero-order chi connectivity index (χ0) is 14.0. The second-order valence-corrected chi connectivity index (χ2v) is 4.75. The highest BCUT2D eigenvalue weighted by molar-refractivity contribution is 9.10. The van der Waals surface area contributed by atoms with E-state index < -0.39 is 11.8 Å². The first-order chi connectivity index (χ1) is 8.97. The average Bonchev–Trinajstić information content (AvgIpc) is 2.36. The van der Waals surface area contributed by atoms with Crippen molar-refractivity contribution in [3.8, 4) is 11.6 Å². The van der Waals surface area contributed by atoms with Crippen molar-refractivity contribution in [2.75, 3.05) is 0 Å². The Morgan fingerprint density at radius 1 is 1.42 bits per heavy atom. The number of nitrogens with zero attached hydrogens (tertiary/aromatic N) is 1. The van der Waals surface area contributed by atoms with Gasteiger partial charge in [-0.3, -0.25) is 0 Å². The summed E-state index contributed by atoms with van der Waals surface area (Å²) in [5.74, 6) is -1.37. The molecule has 0 aliphatic carbocycles. The molecule has 0 bridgehead atoms. The van der Waals surface area contributed by atoms with E-state index in [1.54, 1.807) is 0 Å². The highest BCUT2D eigenvalue weighted by Gasteiger charge is 2.10. The number of benzene rings is 1. The quantitative estimate of drug-likeness (QED) is 0.849. The van der Waals surface area contributed by atoms with Crippen LogP contribution in [0.1, 0.15) is 10.4 Å². The molecule has 0 radical (unpaired) electrons. The number of halogens is 3. The first-order valence-electron chi connectivity index (χ1n) is 4.99. The van der Waals surface area contributed by atoms with E-state index in [4.69, 9.17) is 21.4 Å². The molecule has 0 saturated heterocycles. The molecule has 1 N–H and O–H groups in total. The van der Waals surface area contributed by atoms with Crippen LogP contribution in [0.3, 0.4) is 0 Å². The molecule has 2 aromatic rings. The van der Waals surface area contributed by atoms with E-state index in [0.717, 1.165) is 12.3 Å². The van der Waals surface area contributed by atoms with Crippen LogP contribution < -0.4 is 4.74 Å². The highest BCUT2D eigenvalue weighted by Crippen LogP contribution is 2.33. The average molecular weight is 347 g/mol. The molecule has 4 nitrogen and oxygen atoms in total. The van der Waals surface area contributed by atoms with Crippen LogP contribution in [0.15, 0.2) is 34.9 Å². The van der Waals surface area contributed by atoms with Crippen LogP contribution in [0.5, 0.6) is 11.6 Å². The van der Waals surface area contributed by atoms with Crippen LogP contribution in [-0.2, 0) is 0 Å². The van der Waals surface area contributed by atoms with E-state index in [0.29, 0.717) is 4.47 Å². The number of rotatable bonds is 3. The summed E-state index contributed by atoms with van der Waals surface area (Å²) in [6.07, 6.45) is 1.15. The van der Waals surface area contributed by atoms with Crippen molar-refractivity contribution in [2.24, 2.45) is 0 Å². The zero-order valence-corrected chi connectivity index (χ0v) is 11.6. The standard InChI is InChI=1S/C12H6BrClFNO3/c13-7-3-8(14)9(15)4-10(7)19-11-2-1-6(5-16-11)12(17)18/h1-5H,(H,17,18). The number of pyridine rings is 1. The second kappa shape index (κ2) is 5.54. The van der Waals surface area contributed by atoms with Crippen molar-refractivity contribution in [3.63, 3.8) is 0 Å². The van der Waals surface area contributed by atoms with Gasteiger partial charge in [-0.05, 0) is 28.1 Å². The predicted octanol–water partition coefficient (Wildman–Crippen LogP) is 4.13. The molecule has 1 aromatic carbocycles. The molecule has 1 heterocycles. The fourth-order valence-corrected chi connectivity index (χ4v) is 1.98. The van der Waals surface area contributed by atoms with Crippen molar-refractivity contribution in [1.82, 2.24) is 4.98 Å². The highest BCUT2D eigenvalue weighted by atomic mass is 79.9. The largest absolute Gasteiger partial charge is 0.478 e. The third-order valence-corrected chi connectivity index (χ3v) is 3.08. The molecular formula is C12H6BrClFNO3. The molecule has 0 aliphatic heterocycles. The fourth-order valence-electron chi connectivity index (χ4n) is 1.26. The molecule has 0 spiro atoms. The Kier molecular flexibility index (Phi) is 4.01. The molecule has 0 unspecified atom stereocenters. The Morgan fingerprint density at radius 2 is 2.16 bits per heavy atom. The number of hydrogen-bond donors (Lipinski definition) is 1. The summed E-state index contributed by atoms with van der Waals surface area (Å²) < 4.78 is 19.1. The van der Waals surface area contributed by atoms with Gasteiger partial charge in [0, 0.05) is 18.3 Å². The number of carboxylic acid groups (broad SMARTS) is 1. The number of aromatic nitrogens is 1. The summed E-state index contributed by atoms with van der Waals surface area (Å²) in [5.41, 5.74) is 0.0358. The van der Waals surface area contributed by atoms with Crippen molar-refractivity contribution in [3.05, 3.63) is 51.3 Å². The van der Waals surface area contributed by atoms with Gasteiger partial charge in [-0.1, -0.05) is 11.6 Å². The van der Waals surface area contributed by atoms with Crippen LogP contribution in [0, 0.1) is 5.82 Å². The van der Waals surface area contributed by atoms with Gasteiger partial charge >= 0.3 is 5.97 Å². The van der Waals surface area contributed by atoms with Crippen LogP contribution in [0.25, 0.3) is 0 Å². The van der Waals surface area contributed by atoms with Crippen molar-refractivity contribution in [1.29, 1.82) is 0 Å².